The Morgan fingerprint density at radius 1 is 0.846 bits per heavy atom. The van der Waals surface area contributed by atoms with Crippen molar-refractivity contribution in [2.24, 2.45) is 0 Å². The Morgan fingerprint density at radius 3 is 1.81 bits per heavy atom. The van der Waals surface area contributed by atoms with Gasteiger partial charge >= 0.3 is 11.9 Å². The van der Waals surface area contributed by atoms with E-state index in [0.717, 1.165) is 21.8 Å². The summed E-state index contributed by atoms with van der Waals surface area (Å²) < 4.78 is 7.01. The van der Waals surface area contributed by atoms with Crippen molar-refractivity contribution in [2.75, 3.05) is 6.61 Å². The van der Waals surface area contributed by atoms with Crippen LogP contribution in [0.3, 0.4) is 0 Å². The van der Waals surface area contributed by atoms with Crippen LogP contribution in [0.1, 0.15) is 53.3 Å². The van der Waals surface area contributed by atoms with Gasteiger partial charge in [0.15, 0.2) is 0 Å². The Kier molecular flexibility index (Phi) is 10.9. The van der Waals surface area contributed by atoms with Crippen molar-refractivity contribution in [1.82, 2.24) is 0 Å². The van der Waals surface area contributed by atoms with Gasteiger partial charge in [0.05, 0.1) is 17.7 Å². The standard InChI is InChI=1S/C13H17BrO2.C7H5BrO2/c1-2-3-4-5-10-16-13(15)11-6-8-12(14)9-7-11;8-6-3-1-5(2-4-6)7(9)10/h6-9H,2-5,10H2,1H3;1-4H,(H,9,10). The number of carboxylic acid groups (broad SMARTS) is 1. The second-order valence-corrected chi connectivity index (χ2v) is 7.35. The maximum Gasteiger partial charge on any atom is 0.338 e. The first-order valence-corrected chi connectivity index (χ1v) is 9.94. The second kappa shape index (κ2) is 12.7. The first kappa shape index (κ1) is 22.4. The highest BCUT2D eigenvalue weighted by atomic mass is 79.9. The quantitative estimate of drug-likeness (QED) is 0.367. The Morgan fingerprint density at radius 2 is 1.35 bits per heavy atom. The predicted molar refractivity (Wildman–Crippen MR) is 110 cm³/mol. The van der Waals surface area contributed by atoms with Crippen LogP contribution >= 0.6 is 31.9 Å². The number of halogens is 2. The summed E-state index contributed by atoms with van der Waals surface area (Å²) in [5.74, 6) is -1.13. The lowest BCUT2D eigenvalue weighted by atomic mass is 10.2. The fraction of sp³-hybridized carbons (Fsp3) is 0.300. The first-order chi connectivity index (χ1) is 12.4. The Hall–Kier alpha value is -1.66. The van der Waals surface area contributed by atoms with Crippen LogP contribution in [0.25, 0.3) is 0 Å². The average Bonchev–Trinajstić information content (AvgIpc) is 2.63. The van der Waals surface area contributed by atoms with E-state index in [-0.39, 0.29) is 5.97 Å². The van der Waals surface area contributed by atoms with Gasteiger partial charge in [-0.2, -0.15) is 0 Å². The molecule has 4 nitrogen and oxygen atoms in total. The number of ether oxygens (including phenoxy) is 1. The summed E-state index contributed by atoms with van der Waals surface area (Å²) in [6.07, 6.45) is 4.48. The minimum atomic E-state index is -0.896. The number of carboxylic acids is 1. The Bertz CT molecular complexity index is 682. The maximum atomic E-state index is 11.6. The SMILES string of the molecule is CCCCCCOC(=O)c1ccc(Br)cc1.O=C(O)c1ccc(Br)cc1. The van der Waals surface area contributed by atoms with Crippen LogP contribution in [-0.4, -0.2) is 23.7 Å². The molecule has 0 unspecified atom stereocenters. The maximum absolute atomic E-state index is 11.6. The third-order valence-corrected chi connectivity index (χ3v) is 4.46. The first-order valence-electron chi connectivity index (χ1n) is 8.35. The lowest BCUT2D eigenvalue weighted by Gasteiger charge is -2.04. The van der Waals surface area contributed by atoms with Crippen molar-refractivity contribution in [3.63, 3.8) is 0 Å². The van der Waals surface area contributed by atoms with Gasteiger partial charge in [-0.3, -0.25) is 0 Å². The topological polar surface area (TPSA) is 63.6 Å². The highest BCUT2D eigenvalue weighted by Gasteiger charge is 2.05. The zero-order chi connectivity index (χ0) is 19.4. The molecular weight excluding hydrogens is 464 g/mol. The molecule has 0 bridgehead atoms. The number of carbonyl (C=O) groups excluding carboxylic acids is 1. The molecule has 0 aliphatic rings. The summed E-state index contributed by atoms with van der Waals surface area (Å²) in [5.41, 5.74) is 0.918. The lowest BCUT2D eigenvalue weighted by Crippen LogP contribution is -2.06. The highest BCUT2D eigenvalue weighted by molar-refractivity contribution is 9.10. The van der Waals surface area contributed by atoms with Gasteiger partial charge in [-0.1, -0.05) is 58.0 Å². The number of carbonyl (C=O) groups is 2. The van der Waals surface area contributed by atoms with E-state index in [1.807, 2.05) is 12.1 Å². The molecule has 26 heavy (non-hydrogen) atoms. The fourth-order valence-corrected chi connectivity index (χ4v) is 2.48. The van der Waals surface area contributed by atoms with Crippen molar-refractivity contribution < 1.29 is 19.4 Å². The van der Waals surface area contributed by atoms with E-state index in [0.29, 0.717) is 17.7 Å². The van der Waals surface area contributed by atoms with Crippen LogP contribution in [0.4, 0.5) is 0 Å². The van der Waals surface area contributed by atoms with Gasteiger partial charge in [0.25, 0.3) is 0 Å². The lowest BCUT2D eigenvalue weighted by molar-refractivity contribution is 0.0497. The van der Waals surface area contributed by atoms with Gasteiger partial charge < -0.3 is 9.84 Å². The molecule has 2 rings (SSSR count). The van der Waals surface area contributed by atoms with E-state index >= 15 is 0 Å². The smallest absolute Gasteiger partial charge is 0.338 e. The van der Waals surface area contributed by atoms with E-state index in [2.05, 4.69) is 38.8 Å². The molecular formula is C20H22Br2O4. The molecule has 0 heterocycles. The van der Waals surface area contributed by atoms with Crippen LogP contribution in [0, 0.1) is 0 Å². The molecule has 6 heteroatoms. The molecule has 0 aliphatic carbocycles. The molecule has 1 N–H and O–H groups in total. The van der Waals surface area contributed by atoms with E-state index in [1.165, 1.54) is 12.8 Å². The number of hydrogen-bond acceptors (Lipinski definition) is 3. The van der Waals surface area contributed by atoms with E-state index in [4.69, 9.17) is 9.84 Å². The van der Waals surface area contributed by atoms with Crippen molar-refractivity contribution in [3.8, 4) is 0 Å². The van der Waals surface area contributed by atoms with E-state index < -0.39 is 5.97 Å². The molecule has 0 spiro atoms. The molecule has 0 aliphatic heterocycles. The minimum absolute atomic E-state index is 0.232. The van der Waals surface area contributed by atoms with Crippen LogP contribution in [0.2, 0.25) is 0 Å². The zero-order valence-corrected chi connectivity index (χ0v) is 17.8. The summed E-state index contributed by atoms with van der Waals surface area (Å²) in [7, 11) is 0. The number of esters is 1. The molecule has 0 amide bonds. The zero-order valence-electron chi connectivity index (χ0n) is 14.6. The molecule has 0 saturated carbocycles. The van der Waals surface area contributed by atoms with Crippen molar-refractivity contribution in [3.05, 3.63) is 68.6 Å². The summed E-state index contributed by atoms with van der Waals surface area (Å²) in [6, 6.07) is 13.7. The largest absolute Gasteiger partial charge is 0.478 e. The van der Waals surface area contributed by atoms with Gasteiger partial charge in [-0.05, 0) is 55.0 Å². The number of rotatable bonds is 7. The number of benzene rings is 2. The Balaban J connectivity index is 0.000000289. The summed E-state index contributed by atoms with van der Waals surface area (Å²) in [5, 5.41) is 8.46. The minimum Gasteiger partial charge on any atom is -0.478 e. The van der Waals surface area contributed by atoms with Crippen LogP contribution < -0.4 is 0 Å². The molecule has 0 aromatic heterocycles. The third-order valence-electron chi connectivity index (χ3n) is 3.40. The normalized spacial score (nSPS) is 9.81. The molecule has 0 fully saturated rings. The summed E-state index contributed by atoms with van der Waals surface area (Å²) in [4.78, 5) is 21.8. The fourth-order valence-electron chi connectivity index (χ4n) is 1.96. The van der Waals surface area contributed by atoms with Crippen LogP contribution in [0.5, 0.6) is 0 Å². The van der Waals surface area contributed by atoms with Crippen molar-refractivity contribution in [1.29, 1.82) is 0 Å². The summed E-state index contributed by atoms with van der Waals surface area (Å²) in [6.45, 7) is 2.68. The van der Waals surface area contributed by atoms with Gasteiger partial charge in [0.1, 0.15) is 0 Å². The van der Waals surface area contributed by atoms with E-state index in [1.54, 1.807) is 36.4 Å². The van der Waals surface area contributed by atoms with Crippen LogP contribution in [0.15, 0.2) is 57.5 Å². The van der Waals surface area contributed by atoms with Gasteiger partial charge in [-0.15, -0.1) is 0 Å². The summed E-state index contributed by atoms with van der Waals surface area (Å²) >= 11 is 6.53. The molecule has 2 aromatic carbocycles. The van der Waals surface area contributed by atoms with E-state index in [9.17, 15) is 9.59 Å². The highest BCUT2D eigenvalue weighted by Crippen LogP contribution is 2.12. The number of hydrogen-bond donors (Lipinski definition) is 1. The number of aromatic carboxylic acids is 1. The average molecular weight is 486 g/mol. The van der Waals surface area contributed by atoms with Crippen LogP contribution in [-0.2, 0) is 4.74 Å². The molecule has 0 atom stereocenters. The molecule has 140 valence electrons. The second-order valence-electron chi connectivity index (χ2n) is 5.52. The third kappa shape index (κ3) is 9.15. The molecule has 2 aromatic rings. The Labute approximate surface area is 170 Å². The van der Waals surface area contributed by atoms with Gasteiger partial charge in [0.2, 0.25) is 0 Å². The predicted octanol–water partition coefficient (Wildman–Crippen LogP) is 6.33. The number of unbranched alkanes of at least 4 members (excludes halogenated alkanes) is 3. The van der Waals surface area contributed by atoms with Gasteiger partial charge in [-0.25, -0.2) is 9.59 Å². The van der Waals surface area contributed by atoms with Gasteiger partial charge in [0, 0.05) is 8.95 Å². The monoisotopic (exact) mass is 484 g/mol. The molecule has 0 saturated heterocycles. The molecule has 0 radical (unpaired) electrons. The van der Waals surface area contributed by atoms with Crippen molar-refractivity contribution >= 4 is 43.8 Å². The van der Waals surface area contributed by atoms with Crippen molar-refractivity contribution in [2.45, 2.75) is 32.6 Å².